The maximum atomic E-state index is 11.4. The number of hydrogen-bond acceptors (Lipinski definition) is 5. The Morgan fingerprint density at radius 2 is 1.00 bits per heavy atom. The van der Waals surface area contributed by atoms with Crippen LogP contribution in [-0.4, -0.2) is 28.9 Å². The van der Waals surface area contributed by atoms with E-state index in [1.807, 2.05) is 0 Å². The average Bonchev–Trinajstić information content (AvgIpc) is 2.31. The fraction of sp³-hybridized carbons (Fsp3) is 0.692. The molecule has 18 heavy (non-hydrogen) atoms. The van der Waals surface area contributed by atoms with E-state index < -0.39 is 0 Å². The van der Waals surface area contributed by atoms with E-state index in [1.54, 1.807) is 0 Å². The third kappa shape index (κ3) is 10.2. The Labute approximate surface area is 113 Å². The number of Topliss-reactive ketones (excluding diaryl/α,β-unsaturated/α-hetero) is 4. The van der Waals surface area contributed by atoms with Crippen molar-refractivity contribution in [1.29, 1.82) is 0 Å². The Bertz CT molecular complexity index is 323. The number of hydrogen-bond donors (Lipinski definition) is 1. The zero-order valence-corrected chi connectivity index (χ0v) is 11.6. The van der Waals surface area contributed by atoms with Gasteiger partial charge in [-0.15, -0.1) is 0 Å². The van der Waals surface area contributed by atoms with Gasteiger partial charge in [-0.05, 0) is 12.7 Å². The van der Waals surface area contributed by atoms with Crippen molar-refractivity contribution in [2.75, 3.05) is 5.75 Å². The molecule has 0 saturated carbocycles. The summed E-state index contributed by atoms with van der Waals surface area (Å²) < 4.78 is 0. The molecule has 0 amide bonds. The van der Waals surface area contributed by atoms with Gasteiger partial charge < -0.3 is 4.79 Å². The van der Waals surface area contributed by atoms with E-state index in [0.29, 0.717) is 12.2 Å². The first-order valence-corrected chi connectivity index (χ1v) is 6.74. The molecule has 0 aliphatic rings. The molecule has 0 aromatic heterocycles. The van der Waals surface area contributed by atoms with Crippen molar-refractivity contribution in [2.24, 2.45) is 0 Å². The van der Waals surface area contributed by atoms with E-state index in [4.69, 9.17) is 0 Å². The highest BCUT2D eigenvalue weighted by atomic mass is 32.1. The number of rotatable bonds is 11. The van der Waals surface area contributed by atoms with Gasteiger partial charge in [-0.1, -0.05) is 0 Å². The van der Waals surface area contributed by atoms with Gasteiger partial charge in [0.2, 0.25) is 0 Å². The summed E-state index contributed by atoms with van der Waals surface area (Å²) in [6.45, 7) is 1.44. The van der Waals surface area contributed by atoms with Crippen molar-refractivity contribution in [1.82, 2.24) is 0 Å². The number of ketones is 4. The van der Waals surface area contributed by atoms with E-state index >= 15 is 0 Å². The summed E-state index contributed by atoms with van der Waals surface area (Å²) in [5.74, 6) is 0.364. The Balaban J connectivity index is 3.67. The van der Waals surface area contributed by atoms with Gasteiger partial charge in [-0.25, -0.2) is 0 Å². The molecule has 0 radical (unpaired) electrons. The smallest absolute Gasteiger partial charge is 0.134 e. The molecule has 0 aromatic rings. The summed E-state index contributed by atoms with van der Waals surface area (Å²) in [5.41, 5.74) is 0. The molecule has 0 N–H and O–H groups in total. The molecular formula is C13H20O4S. The van der Waals surface area contributed by atoms with Gasteiger partial charge in [0, 0.05) is 44.9 Å². The van der Waals surface area contributed by atoms with Crippen LogP contribution in [0.3, 0.4) is 0 Å². The predicted molar refractivity (Wildman–Crippen MR) is 71.9 cm³/mol. The van der Waals surface area contributed by atoms with Gasteiger partial charge >= 0.3 is 0 Å². The minimum absolute atomic E-state index is 0.0213. The van der Waals surface area contributed by atoms with E-state index in [-0.39, 0.29) is 61.7 Å². The second-order valence-corrected chi connectivity index (χ2v) is 4.74. The van der Waals surface area contributed by atoms with Gasteiger partial charge in [0.25, 0.3) is 0 Å². The minimum atomic E-state index is -0.0707. The lowest BCUT2D eigenvalue weighted by Crippen LogP contribution is -2.08. The molecule has 0 saturated heterocycles. The fourth-order valence-electron chi connectivity index (χ4n) is 1.37. The van der Waals surface area contributed by atoms with Crippen LogP contribution < -0.4 is 0 Å². The predicted octanol–water partition coefficient (Wildman–Crippen LogP) is 1.94. The Morgan fingerprint density at radius 1 is 0.667 bits per heavy atom. The lowest BCUT2D eigenvalue weighted by Gasteiger charge is -2.00. The monoisotopic (exact) mass is 272 g/mol. The molecule has 0 unspecified atom stereocenters. The Hall–Kier alpha value is -0.970. The molecule has 0 aliphatic heterocycles. The van der Waals surface area contributed by atoms with Crippen molar-refractivity contribution >= 4 is 35.8 Å². The summed E-state index contributed by atoms with van der Waals surface area (Å²) in [6.07, 6.45) is 1.62. The SMILES string of the molecule is CC(=O)CCC(=O)CCC(=O)CCC(=O)CCS. The van der Waals surface area contributed by atoms with Crippen LogP contribution in [0.2, 0.25) is 0 Å². The molecule has 0 bridgehead atoms. The number of thiol groups is 1. The van der Waals surface area contributed by atoms with E-state index in [9.17, 15) is 19.2 Å². The fourth-order valence-corrected chi connectivity index (χ4v) is 1.62. The molecule has 0 heterocycles. The molecule has 0 atom stereocenters. The molecule has 0 spiro atoms. The van der Waals surface area contributed by atoms with Crippen LogP contribution in [0.1, 0.15) is 51.9 Å². The third-order valence-electron chi connectivity index (χ3n) is 2.51. The van der Waals surface area contributed by atoms with Gasteiger partial charge in [0.1, 0.15) is 23.1 Å². The van der Waals surface area contributed by atoms with Crippen molar-refractivity contribution in [3.05, 3.63) is 0 Å². The summed E-state index contributed by atoms with van der Waals surface area (Å²) in [6, 6.07) is 0. The standard InChI is InChI=1S/C13H20O4S/c1-10(14)2-3-11(15)4-5-12(16)6-7-13(17)8-9-18/h18H,2-9H2,1H3. The maximum Gasteiger partial charge on any atom is 0.134 e. The zero-order chi connectivity index (χ0) is 14.0. The Kier molecular flexibility index (Phi) is 9.46. The van der Waals surface area contributed by atoms with Crippen LogP contribution in [-0.2, 0) is 19.2 Å². The lowest BCUT2D eigenvalue weighted by atomic mass is 10.0. The minimum Gasteiger partial charge on any atom is -0.300 e. The molecule has 5 heteroatoms. The Morgan fingerprint density at radius 3 is 1.33 bits per heavy atom. The third-order valence-corrected chi connectivity index (χ3v) is 2.74. The first-order chi connectivity index (χ1) is 8.45. The first-order valence-electron chi connectivity index (χ1n) is 6.11. The molecule has 0 aliphatic carbocycles. The van der Waals surface area contributed by atoms with Crippen molar-refractivity contribution in [2.45, 2.75) is 51.9 Å². The van der Waals surface area contributed by atoms with Gasteiger partial charge in [0.15, 0.2) is 0 Å². The molecule has 0 fully saturated rings. The van der Waals surface area contributed by atoms with E-state index in [2.05, 4.69) is 12.6 Å². The van der Waals surface area contributed by atoms with Gasteiger partial charge in [-0.3, -0.25) is 14.4 Å². The summed E-state index contributed by atoms with van der Waals surface area (Å²) in [5, 5.41) is 0. The van der Waals surface area contributed by atoms with Crippen LogP contribution in [0.25, 0.3) is 0 Å². The van der Waals surface area contributed by atoms with E-state index in [0.717, 1.165) is 0 Å². The van der Waals surface area contributed by atoms with Crippen molar-refractivity contribution in [3.8, 4) is 0 Å². The molecule has 102 valence electrons. The normalized spacial score (nSPS) is 10.1. The van der Waals surface area contributed by atoms with Crippen molar-refractivity contribution < 1.29 is 19.2 Å². The lowest BCUT2D eigenvalue weighted by molar-refractivity contribution is -0.126. The van der Waals surface area contributed by atoms with Crippen LogP contribution >= 0.6 is 12.6 Å². The molecule has 4 nitrogen and oxygen atoms in total. The molecule has 0 rings (SSSR count). The van der Waals surface area contributed by atoms with Crippen LogP contribution in [0, 0.1) is 0 Å². The van der Waals surface area contributed by atoms with Crippen LogP contribution in [0.4, 0.5) is 0 Å². The van der Waals surface area contributed by atoms with Gasteiger partial charge in [0.05, 0.1) is 0 Å². The summed E-state index contributed by atoms with van der Waals surface area (Å²) >= 11 is 3.93. The summed E-state index contributed by atoms with van der Waals surface area (Å²) in [4.78, 5) is 44.5. The highest BCUT2D eigenvalue weighted by molar-refractivity contribution is 7.80. The highest BCUT2D eigenvalue weighted by Gasteiger charge is 2.10. The van der Waals surface area contributed by atoms with Gasteiger partial charge in [-0.2, -0.15) is 12.6 Å². The topological polar surface area (TPSA) is 68.3 Å². The zero-order valence-electron chi connectivity index (χ0n) is 10.7. The first kappa shape index (κ1) is 17.0. The van der Waals surface area contributed by atoms with Crippen LogP contribution in [0.5, 0.6) is 0 Å². The second-order valence-electron chi connectivity index (χ2n) is 4.29. The largest absolute Gasteiger partial charge is 0.300 e. The number of carbonyl (C=O) groups is 4. The van der Waals surface area contributed by atoms with E-state index in [1.165, 1.54) is 6.92 Å². The van der Waals surface area contributed by atoms with Crippen LogP contribution in [0.15, 0.2) is 0 Å². The highest BCUT2D eigenvalue weighted by Crippen LogP contribution is 2.05. The summed E-state index contributed by atoms with van der Waals surface area (Å²) in [7, 11) is 0. The number of carbonyl (C=O) groups excluding carboxylic acids is 4. The van der Waals surface area contributed by atoms with Crippen molar-refractivity contribution in [3.63, 3.8) is 0 Å². The molecule has 0 aromatic carbocycles. The second kappa shape index (κ2) is 10.00. The molecular weight excluding hydrogens is 252 g/mol. The average molecular weight is 272 g/mol. The maximum absolute atomic E-state index is 11.4. The quantitative estimate of drug-likeness (QED) is 0.584.